The Morgan fingerprint density at radius 2 is 1.86 bits per heavy atom. The van der Waals surface area contributed by atoms with Gasteiger partial charge in [0.25, 0.3) is 0 Å². The number of aromatic nitrogens is 4. The first-order chi connectivity index (χ1) is 13.6. The van der Waals surface area contributed by atoms with Crippen molar-refractivity contribution >= 4 is 12.0 Å². The van der Waals surface area contributed by atoms with Crippen molar-refractivity contribution in [2.24, 2.45) is 0 Å². The van der Waals surface area contributed by atoms with Crippen LogP contribution in [0.4, 0.5) is 10.7 Å². The average molecular weight is 377 g/mol. The number of anilines is 1. The predicted octanol–water partition coefficient (Wildman–Crippen LogP) is 4.91. The molecule has 7 nitrogen and oxygen atoms in total. The summed E-state index contributed by atoms with van der Waals surface area (Å²) in [5.74, 6) is 0.0660. The molecule has 3 aromatic rings. The molecule has 0 aliphatic heterocycles. The van der Waals surface area contributed by atoms with Gasteiger partial charge in [0, 0.05) is 17.8 Å². The molecule has 7 heteroatoms. The van der Waals surface area contributed by atoms with Gasteiger partial charge < -0.3 is 9.67 Å². The van der Waals surface area contributed by atoms with E-state index in [0.29, 0.717) is 11.7 Å². The van der Waals surface area contributed by atoms with Crippen LogP contribution in [0, 0.1) is 6.92 Å². The van der Waals surface area contributed by atoms with Gasteiger partial charge in [-0.3, -0.25) is 5.32 Å². The molecule has 28 heavy (non-hydrogen) atoms. The van der Waals surface area contributed by atoms with Crippen LogP contribution >= 0.6 is 0 Å². The van der Waals surface area contributed by atoms with Crippen LogP contribution in [0.15, 0.2) is 42.9 Å². The number of hydrogen-bond donors (Lipinski definition) is 2. The number of nitrogens with one attached hydrogen (secondary N) is 1. The molecule has 1 aliphatic rings. The summed E-state index contributed by atoms with van der Waals surface area (Å²) in [5.41, 5.74) is 4.63. The maximum atomic E-state index is 11.0. The van der Waals surface area contributed by atoms with E-state index in [9.17, 15) is 4.79 Å². The van der Waals surface area contributed by atoms with Crippen molar-refractivity contribution in [2.75, 3.05) is 5.32 Å². The van der Waals surface area contributed by atoms with Gasteiger partial charge in [-0.2, -0.15) is 0 Å². The molecule has 0 saturated heterocycles. The summed E-state index contributed by atoms with van der Waals surface area (Å²) in [6.07, 6.45) is 8.19. The molecule has 0 bridgehead atoms. The number of amides is 1. The molecule has 0 spiro atoms. The monoisotopic (exact) mass is 377 g/mol. The Hall–Kier alpha value is -3.22. The van der Waals surface area contributed by atoms with Crippen molar-refractivity contribution in [3.63, 3.8) is 0 Å². The second-order valence-electron chi connectivity index (χ2n) is 7.20. The second-order valence-corrected chi connectivity index (χ2v) is 7.20. The molecule has 4 rings (SSSR count). The molecule has 2 aromatic heterocycles. The number of carbonyl (C=O) groups is 1. The zero-order valence-corrected chi connectivity index (χ0v) is 15.8. The van der Waals surface area contributed by atoms with E-state index in [2.05, 4.69) is 51.0 Å². The third-order valence-electron chi connectivity index (χ3n) is 5.20. The van der Waals surface area contributed by atoms with Crippen LogP contribution in [0.3, 0.4) is 0 Å². The van der Waals surface area contributed by atoms with E-state index >= 15 is 0 Å². The number of rotatable bonds is 4. The fourth-order valence-corrected chi connectivity index (χ4v) is 3.82. The molecule has 2 heterocycles. The van der Waals surface area contributed by atoms with Gasteiger partial charge in [0.1, 0.15) is 0 Å². The maximum absolute atomic E-state index is 11.0. The van der Waals surface area contributed by atoms with Crippen LogP contribution in [0.2, 0.25) is 0 Å². The van der Waals surface area contributed by atoms with Crippen LogP contribution in [-0.2, 0) is 0 Å². The molecule has 0 atom stereocenters. The van der Waals surface area contributed by atoms with Crippen molar-refractivity contribution in [1.82, 2.24) is 19.5 Å². The van der Waals surface area contributed by atoms with Gasteiger partial charge in [0.15, 0.2) is 0 Å². The molecule has 1 amide bonds. The Balaban J connectivity index is 1.83. The summed E-state index contributed by atoms with van der Waals surface area (Å²) in [5, 5.41) is 11.2. The van der Waals surface area contributed by atoms with Gasteiger partial charge in [0.2, 0.25) is 5.95 Å². The minimum absolute atomic E-state index is 0.0660. The Bertz CT molecular complexity index is 975. The largest absolute Gasteiger partial charge is 0.465 e. The lowest BCUT2D eigenvalue weighted by molar-refractivity contribution is 0.209. The third kappa shape index (κ3) is 3.74. The van der Waals surface area contributed by atoms with Crippen LogP contribution in [0.1, 0.15) is 43.7 Å². The fourth-order valence-electron chi connectivity index (χ4n) is 3.82. The molecule has 1 fully saturated rings. The standard InChI is InChI=1S/C21H23N5O2/c1-14-7-9-15(10-8-14)18-19(17-11-12-22-20(24-17)25-21(27)28)26(13-23-18)16-5-3-2-4-6-16/h7-13,16H,2-6H2,1H3,(H,27,28)(H,22,24,25). The van der Waals surface area contributed by atoms with Crippen molar-refractivity contribution in [3.8, 4) is 22.6 Å². The van der Waals surface area contributed by atoms with Crippen LogP contribution < -0.4 is 5.32 Å². The summed E-state index contributed by atoms with van der Waals surface area (Å²) < 4.78 is 2.21. The molecular weight excluding hydrogens is 354 g/mol. The number of hydrogen-bond acceptors (Lipinski definition) is 4. The molecule has 0 radical (unpaired) electrons. The average Bonchev–Trinajstić information content (AvgIpc) is 3.14. The minimum atomic E-state index is -1.18. The van der Waals surface area contributed by atoms with E-state index < -0.39 is 6.09 Å². The summed E-state index contributed by atoms with van der Waals surface area (Å²) in [6.45, 7) is 2.06. The Morgan fingerprint density at radius 3 is 2.57 bits per heavy atom. The molecule has 0 unspecified atom stereocenters. The topological polar surface area (TPSA) is 92.9 Å². The molecule has 2 N–H and O–H groups in total. The lowest BCUT2D eigenvalue weighted by atomic mass is 9.95. The molecule has 1 saturated carbocycles. The quantitative estimate of drug-likeness (QED) is 0.674. The van der Waals surface area contributed by atoms with E-state index in [1.807, 2.05) is 6.33 Å². The lowest BCUT2D eigenvalue weighted by Gasteiger charge is -2.25. The number of nitrogens with zero attached hydrogens (tertiary/aromatic N) is 4. The highest BCUT2D eigenvalue weighted by Crippen LogP contribution is 2.37. The number of benzene rings is 1. The van der Waals surface area contributed by atoms with Crippen molar-refractivity contribution in [3.05, 3.63) is 48.4 Å². The highest BCUT2D eigenvalue weighted by Gasteiger charge is 2.23. The van der Waals surface area contributed by atoms with Gasteiger partial charge in [-0.15, -0.1) is 0 Å². The van der Waals surface area contributed by atoms with Crippen LogP contribution in [0.5, 0.6) is 0 Å². The molecule has 144 valence electrons. The first-order valence-corrected chi connectivity index (χ1v) is 9.59. The Kier molecular flexibility index (Phi) is 5.06. The Labute approximate surface area is 163 Å². The third-order valence-corrected chi connectivity index (χ3v) is 5.20. The van der Waals surface area contributed by atoms with E-state index in [4.69, 9.17) is 10.1 Å². The van der Waals surface area contributed by atoms with Crippen LogP contribution in [-0.4, -0.2) is 30.7 Å². The van der Waals surface area contributed by atoms with Crippen molar-refractivity contribution in [2.45, 2.75) is 45.1 Å². The van der Waals surface area contributed by atoms with Gasteiger partial charge >= 0.3 is 6.09 Å². The number of imidazole rings is 1. The van der Waals surface area contributed by atoms with Crippen molar-refractivity contribution in [1.29, 1.82) is 0 Å². The summed E-state index contributed by atoms with van der Waals surface area (Å²) >= 11 is 0. The normalized spacial score (nSPS) is 14.8. The van der Waals surface area contributed by atoms with Gasteiger partial charge in [-0.1, -0.05) is 49.1 Å². The second kappa shape index (κ2) is 7.80. The molecule has 1 aromatic carbocycles. The number of carboxylic acid groups (broad SMARTS) is 1. The number of aryl methyl sites for hydroxylation is 1. The van der Waals surface area contributed by atoms with Gasteiger partial charge in [-0.05, 0) is 25.8 Å². The smallest absolute Gasteiger partial charge is 0.411 e. The zero-order chi connectivity index (χ0) is 19.5. The summed E-state index contributed by atoms with van der Waals surface area (Å²) in [4.78, 5) is 24.2. The van der Waals surface area contributed by atoms with E-state index in [-0.39, 0.29) is 5.95 Å². The highest BCUT2D eigenvalue weighted by atomic mass is 16.4. The lowest BCUT2D eigenvalue weighted by Crippen LogP contribution is -2.14. The van der Waals surface area contributed by atoms with Gasteiger partial charge in [0.05, 0.1) is 23.4 Å². The van der Waals surface area contributed by atoms with Gasteiger partial charge in [-0.25, -0.2) is 19.7 Å². The highest BCUT2D eigenvalue weighted by molar-refractivity contribution is 5.81. The Morgan fingerprint density at radius 1 is 1.11 bits per heavy atom. The summed E-state index contributed by atoms with van der Waals surface area (Å²) in [6, 6.07) is 10.4. The van der Waals surface area contributed by atoms with E-state index in [1.165, 1.54) is 24.8 Å². The molecular formula is C21H23N5O2. The van der Waals surface area contributed by atoms with E-state index in [0.717, 1.165) is 29.8 Å². The maximum Gasteiger partial charge on any atom is 0.411 e. The first-order valence-electron chi connectivity index (χ1n) is 9.59. The predicted molar refractivity (Wildman–Crippen MR) is 107 cm³/mol. The SMILES string of the molecule is Cc1ccc(-c2ncn(C3CCCCC3)c2-c2ccnc(NC(=O)O)n2)cc1. The van der Waals surface area contributed by atoms with Crippen molar-refractivity contribution < 1.29 is 9.90 Å². The van der Waals surface area contributed by atoms with Crippen LogP contribution in [0.25, 0.3) is 22.6 Å². The summed E-state index contributed by atoms with van der Waals surface area (Å²) in [7, 11) is 0. The molecule has 1 aliphatic carbocycles. The van der Waals surface area contributed by atoms with E-state index in [1.54, 1.807) is 12.3 Å². The fraction of sp³-hybridized carbons (Fsp3) is 0.333. The minimum Gasteiger partial charge on any atom is -0.465 e. The zero-order valence-electron chi connectivity index (χ0n) is 15.8. The first kappa shape index (κ1) is 18.2.